The van der Waals surface area contributed by atoms with Crippen molar-refractivity contribution >= 4 is 24.2 Å². The van der Waals surface area contributed by atoms with E-state index in [0.29, 0.717) is 16.6 Å². The third-order valence-corrected chi connectivity index (χ3v) is 10.9. The minimum Gasteiger partial charge on any atom is -0.548 e. The van der Waals surface area contributed by atoms with Gasteiger partial charge in [-0.1, -0.05) is 81.8 Å². The van der Waals surface area contributed by atoms with E-state index in [4.69, 9.17) is 4.43 Å². The van der Waals surface area contributed by atoms with Gasteiger partial charge in [-0.25, -0.2) is 0 Å². The number of allylic oxidation sites excluding steroid dienone is 5. The first-order valence-corrected chi connectivity index (χ1v) is 10.2. The summed E-state index contributed by atoms with van der Waals surface area (Å²) in [6.07, 6.45) is 10.4. The highest BCUT2D eigenvalue weighted by Crippen LogP contribution is 2.42. The summed E-state index contributed by atoms with van der Waals surface area (Å²) in [6.45, 7) is 13.9. The first-order chi connectivity index (χ1) is 8.82. The van der Waals surface area contributed by atoms with E-state index in [1.165, 1.54) is 5.57 Å². The minimum atomic E-state index is -1.80. The summed E-state index contributed by atoms with van der Waals surface area (Å²) >= 11 is 3.66. The molecule has 0 aliphatic heterocycles. The monoisotopic (exact) mass is 342 g/mol. The first-order valence-electron chi connectivity index (χ1n) is 7.19. The van der Waals surface area contributed by atoms with E-state index >= 15 is 0 Å². The molecule has 1 nitrogen and oxygen atoms in total. The first kappa shape index (κ1) is 16.8. The van der Waals surface area contributed by atoms with Crippen LogP contribution in [0.1, 0.15) is 41.5 Å². The van der Waals surface area contributed by atoms with Crippen LogP contribution in [0.5, 0.6) is 0 Å². The van der Waals surface area contributed by atoms with E-state index in [-0.39, 0.29) is 4.83 Å². The fraction of sp³-hybridized carbons (Fsp3) is 0.625. The molecule has 1 aliphatic rings. The van der Waals surface area contributed by atoms with Crippen molar-refractivity contribution < 1.29 is 4.43 Å². The minimum absolute atomic E-state index is 0.274. The third kappa shape index (κ3) is 3.63. The Balaban J connectivity index is 2.99. The lowest BCUT2D eigenvalue weighted by Gasteiger charge is -2.41. The molecule has 1 aliphatic carbocycles. The molecule has 0 radical (unpaired) electrons. The molecule has 0 aromatic carbocycles. The maximum Gasteiger partial charge on any atom is 0.257 e. The second kappa shape index (κ2) is 6.94. The van der Waals surface area contributed by atoms with Crippen molar-refractivity contribution in [3.8, 4) is 0 Å². The average Bonchev–Trinajstić information content (AvgIpc) is 2.30. The number of halogens is 1. The summed E-state index contributed by atoms with van der Waals surface area (Å²) in [5.41, 5.74) is 3.05. The maximum atomic E-state index is 6.49. The van der Waals surface area contributed by atoms with E-state index in [0.717, 1.165) is 0 Å². The molecule has 0 aromatic rings. The highest BCUT2D eigenvalue weighted by molar-refractivity contribution is 9.09. The lowest BCUT2D eigenvalue weighted by molar-refractivity contribution is 0.413. The molecule has 1 rings (SSSR count). The fourth-order valence-corrected chi connectivity index (χ4v) is 8.81. The molecule has 0 amide bonds. The lowest BCUT2D eigenvalue weighted by atomic mass is 10.1. The van der Waals surface area contributed by atoms with Gasteiger partial charge in [-0.05, 0) is 16.6 Å². The van der Waals surface area contributed by atoms with Crippen molar-refractivity contribution in [1.82, 2.24) is 0 Å². The Morgan fingerprint density at radius 3 is 2.00 bits per heavy atom. The van der Waals surface area contributed by atoms with Crippen molar-refractivity contribution in [3.63, 3.8) is 0 Å². The van der Waals surface area contributed by atoms with E-state index in [2.05, 4.69) is 81.8 Å². The Kier molecular flexibility index (Phi) is 6.12. The van der Waals surface area contributed by atoms with E-state index in [9.17, 15) is 0 Å². The predicted molar refractivity (Wildman–Crippen MR) is 91.2 cm³/mol. The second-order valence-electron chi connectivity index (χ2n) is 6.20. The molecule has 0 spiro atoms. The molecule has 0 bridgehead atoms. The van der Waals surface area contributed by atoms with Crippen molar-refractivity contribution in [1.29, 1.82) is 0 Å². The van der Waals surface area contributed by atoms with Gasteiger partial charge in [0.15, 0.2) is 0 Å². The van der Waals surface area contributed by atoms with E-state index in [1.54, 1.807) is 0 Å². The molecule has 3 heteroatoms. The number of rotatable bonds is 5. The van der Waals surface area contributed by atoms with Crippen LogP contribution in [0.3, 0.4) is 0 Å². The van der Waals surface area contributed by atoms with Crippen LogP contribution < -0.4 is 0 Å². The number of hydrogen-bond donors (Lipinski definition) is 0. The molecule has 0 aromatic heterocycles. The number of hydrogen-bond acceptors (Lipinski definition) is 1. The quantitative estimate of drug-likeness (QED) is 0.340. The summed E-state index contributed by atoms with van der Waals surface area (Å²) in [5, 5.41) is 0. The molecule has 1 atom stereocenters. The van der Waals surface area contributed by atoms with Crippen LogP contribution in [0, 0.1) is 0 Å². The molecule has 0 heterocycles. The molecule has 1 unspecified atom stereocenters. The molecular weight excluding hydrogens is 316 g/mol. The number of alkyl halides is 1. The van der Waals surface area contributed by atoms with Gasteiger partial charge in [0.25, 0.3) is 8.32 Å². The molecular formula is C16H27BrOSi. The van der Waals surface area contributed by atoms with Gasteiger partial charge in [0.1, 0.15) is 0 Å². The predicted octanol–water partition coefficient (Wildman–Crippen LogP) is 5.95. The van der Waals surface area contributed by atoms with Crippen LogP contribution in [0.4, 0.5) is 0 Å². The highest BCUT2D eigenvalue weighted by Gasteiger charge is 2.46. The van der Waals surface area contributed by atoms with Gasteiger partial charge in [0.05, 0.1) is 11.1 Å². The van der Waals surface area contributed by atoms with E-state index < -0.39 is 8.32 Å². The van der Waals surface area contributed by atoms with E-state index in [1.807, 2.05) is 6.26 Å². The summed E-state index contributed by atoms with van der Waals surface area (Å²) < 4.78 is 6.49. The summed E-state index contributed by atoms with van der Waals surface area (Å²) in [5.74, 6) is 0. The lowest BCUT2D eigenvalue weighted by Crippen LogP contribution is -2.46. The van der Waals surface area contributed by atoms with Crippen LogP contribution in [-0.2, 0) is 4.43 Å². The molecule has 0 fully saturated rings. The normalized spacial score (nSPS) is 22.0. The smallest absolute Gasteiger partial charge is 0.257 e. The van der Waals surface area contributed by atoms with Gasteiger partial charge in [0, 0.05) is 5.57 Å². The zero-order valence-corrected chi connectivity index (χ0v) is 15.6. The zero-order chi connectivity index (χ0) is 14.6. The molecule has 108 valence electrons. The Labute approximate surface area is 128 Å². The zero-order valence-electron chi connectivity index (χ0n) is 13.0. The van der Waals surface area contributed by atoms with Gasteiger partial charge in [0.2, 0.25) is 0 Å². The molecule has 0 N–H and O–H groups in total. The Morgan fingerprint density at radius 1 is 1.05 bits per heavy atom. The summed E-state index contributed by atoms with van der Waals surface area (Å²) in [6, 6.07) is 0. The van der Waals surface area contributed by atoms with Crippen LogP contribution in [0.15, 0.2) is 36.1 Å². The van der Waals surface area contributed by atoms with Crippen LogP contribution >= 0.6 is 15.9 Å². The Hall–Kier alpha value is -0.283. The summed E-state index contributed by atoms with van der Waals surface area (Å²) in [7, 11) is -1.80. The second-order valence-corrected chi connectivity index (χ2v) is 12.6. The van der Waals surface area contributed by atoms with Crippen molar-refractivity contribution in [2.24, 2.45) is 0 Å². The van der Waals surface area contributed by atoms with Gasteiger partial charge < -0.3 is 4.43 Å². The molecule has 0 saturated heterocycles. The highest BCUT2D eigenvalue weighted by atomic mass is 79.9. The standard InChI is InChI=1S/C16H27BrOSi/c1-12(2)19(13(3)4,14(5)6)18-11-15-9-7-8-10-16(15)17/h7-14,16H,1-6H3. The maximum absolute atomic E-state index is 6.49. The fourth-order valence-electron chi connectivity index (χ4n) is 3.21. The van der Waals surface area contributed by atoms with Gasteiger partial charge in [-0.15, -0.1) is 0 Å². The topological polar surface area (TPSA) is 9.23 Å². The SMILES string of the molecule is CC(C)[Si](OC=C1C=CC=CC1Br)(C(C)C)C(C)C. The van der Waals surface area contributed by atoms with Crippen molar-refractivity contribution in [3.05, 3.63) is 36.1 Å². The van der Waals surface area contributed by atoms with Crippen LogP contribution in [0.2, 0.25) is 16.6 Å². The van der Waals surface area contributed by atoms with Gasteiger partial charge in [-0.2, -0.15) is 0 Å². The largest absolute Gasteiger partial charge is 0.548 e. The third-order valence-electron chi connectivity index (χ3n) is 4.10. The molecule has 0 saturated carbocycles. The van der Waals surface area contributed by atoms with Crippen molar-refractivity contribution in [2.75, 3.05) is 0 Å². The van der Waals surface area contributed by atoms with Crippen LogP contribution in [0.25, 0.3) is 0 Å². The summed E-state index contributed by atoms with van der Waals surface area (Å²) in [4.78, 5) is 0.274. The van der Waals surface area contributed by atoms with Crippen molar-refractivity contribution in [2.45, 2.75) is 63.0 Å². The Bertz CT molecular complexity index is 358. The molecule has 19 heavy (non-hydrogen) atoms. The Morgan fingerprint density at radius 2 is 1.58 bits per heavy atom. The average molecular weight is 343 g/mol. The van der Waals surface area contributed by atoms with Gasteiger partial charge in [-0.3, -0.25) is 0 Å². The van der Waals surface area contributed by atoms with Gasteiger partial charge >= 0.3 is 0 Å². The van der Waals surface area contributed by atoms with Crippen LogP contribution in [-0.4, -0.2) is 13.1 Å².